The van der Waals surface area contributed by atoms with Crippen LogP contribution in [0, 0.1) is 13.8 Å². The van der Waals surface area contributed by atoms with Gasteiger partial charge in [0.2, 0.25) is 0 Å². The van der Waals surface area contributed by atoms with E-state index in [0.717, 1.165) is 20.4 Å². The van der Waals surface area contributed by atoms with Crippen LogP contribution in [0.1, 0.15) is 21.6 Å². The first-order valence-corrected chi connectivity index (χ1v) is 7.95. The third kappa shape index (κ3) is 2.96. The van der Waals surface area contributed by atoms with Crippen LogP contribution < -0.4 is 5.32 Å². The number of thiazole rings is 1. The highest BCUT2D eigenvalue weighted by molar-refractivity contribution is 9.10. The molecule has 0 radical (unpaired) electrons. The second kappa shape index (κ2) is 5.54. The van der Waals surface area contributed by atoms with Gasteiger partial charge in [-0.15, -0.1) is 0 Å². The summed E-state index contributed by atoms with van der Waals surface area (Å²) < 4.78 is 1.95. The molecule has 0 aliphatic heterocycles. The van der Waals surface area contributed by atoms with Crippen molar-refractivity contribution in [2.75, 3.05) is 5.32 Å². The van der Waals surface area contributed by atoms with Crippen LogP contribution in [0.3, 0.4) is 0 Å². The number of halogens is 1. The standard InChI is InChI=1S/C15H12BrN3OS/c1-8-7-9(2)17-13-12(8)21-15(18-13)19-14(20)10-3-5-11(16)6-4-10/h3-7H,1-2H3,(H,17,18,19,20). The van der Waals surface area contributed by atoms with Crippen LogP contribution in [0.2, 0.25) is 0 Å². The number of carbonyl (C=O) groups excluding carboxylic acids is 1. The maximum Gasteiger partial charge on any atom is 0.257 e. The van der Waals surface area contributed by atoms with Gasteiger partial charge in [-0.1, -0.05) is 27.3 Å². The fraction of sp³-hybridized carbons (Fsp3) is 0.133. The molecule has 2 aromatic heterocycles. The molecule has 0 atom stereocenters. The zero-order valence-electron chi connectivity index (χ0n) is 11.5. The lowest BCUT2D eigenvalue weighted by Gasteiger charge is -2.01. The average Bonchev–Trinajstić information content (AvgIpc) is 2.82. The molecule has 4 nitrogen and oxygen atoms in total. The lowest BCUT2D eigenvalue weighted by molar-refractivity contribution is 0.102. The van der Waals surface area contributed by atoms with Crippen molar-refractivity contribution in [2.45, 2.75) is 13.8 Å². The summed E-state index contributed by atoms with van der Waals surface area (Å²) in [4.78, 5) is 20.9. The van der Waals surface area contributed by atoms with E-state index in [9.17, 15) is 4.79 Å². The van der Waals surface area contributed by atoms with E-state index in [1.54, 1.807) is 12.1 Å². The molecule has 1 aromatic carbocycles. The second-order valence-corrected chi connectivity index (χ2v) is 6.63. The SMILES string of the molecule is Cc1cc(C)c2sc(NC(=O)c3ccc(Br)cc3)nc2n1. The van der Waals surface area contributed by atoms with Crippen LogP contribution in [-0.2, 0) is 0 Å². The van der Waals surface area contributed by atoms with Gasteiger partial charge in [0.1, 0.15) is 0 Å². The average molecular weight is 362 g/mol. The lowest BCUT2D eigenvalue weighted by atomic mass is 10.2. The fourth-order valence-corrected chi connectivity index (χ4v) is 3.18. The molecule has 3 rings (SSSR count). The first-order valence-electron chi connectivity index (χ1n) is 6.34. The van der Waals surface area contributed by atoms with E-state index in [1.165, 1.54) is 11.3 Å². The Morgan fingerprint density at radius 2 is 1.90 bits per heavy atom. The van der Waals surface area contributed by atoms with Gasteiger partial charge in [-0.3, -0.25) is 10.1 Å². The lowest BCUT2D eigenvalue weighted by Crippen LogP contribution is -2.11. The summed E-state index contributed by atoms with van der Waals surface area (Å²) in [6.45, 7) is 3.96. The Balaban J connectivity index is 1.89. The molecule has 1 amide bonds. The fourth-order valence-electron chi connectivity index (χ4n) is 2.05. The normalized spacial score (nSPS) is 10.8. The maximum atomic E-state index is 12.2. The molecule has 6 heteroatoms. The number of rotatable bonds is 2. The molecule has 2 heterocycles. The minimum absolute atomic E-state index is 0.170. The molecular weight excluding hydrogens is 350 g/mol. The molecule has 0 unspecified atom stereocenters. The van der Waals surface area contributed by atoms with Crippen molar-refractivity contribution in [3.8, 4) is 0 Å². The molecule has 3 aromatic rings. The van der Waals surface area contributed by atoms with E-state index in [1.807, 2.05) is 32.0 Å². The zero-order valence-corrected chi connectivity index (χ0v) is 13.9. The van der Waals surface area contributed by atoms with Crippen molar-refractivity contribution in [2.24, 2.45) is 0 Å². The minimum Gasteiger partial charge on any atom is -0.298 e. The predicted octanol–water partition coefficient (Wildman–Crippen LogP) is 4.32. The van der Waals surface area contributed by atoms with E-state index < -0.39 is 0 Å². The van der Waals surface area contributed by atoms with Crippen LogP contribution in [0.25, 0.3) is 10.3 Å². The van der Waals surface area contributed by atoms with Crippen LogP contribution in [-0.4, -0.2) is 15.9 Å². The Hall–Kier alpha value is -1.79. The molecule has 0 bridgehead atoms. The summed E-state index contributed by atoms with van der Waals surface area (Å²) in [7, 11) is 0. The Morgan fingerprint density at radius 1 is 1.19 bits per heavy atom. The monoisotopic (exact) mass is 361 g/mol. The number of pyridine rings is 1. The van der Waals surface area contributed by atoms with Gasteiger partial charge in [0.25, 0.3) is 5.91 Å². The summed E-state index contributed by atoms with van der Waals surface area (Å²) in [5.74, 6) is -0.170. The number of fused-ring (bicyclic) bond motifs is 1. The quantitative estimate of drug-likeness (QED) is 0.739. The van der Waals surface area contributed by atoms with Crippen molar-refractivity contribution in [1.82, 2.24) is 9.97 Å². The van der Waals surface area contributed by atoms with Gasteiger partial charge in [-0.25, -0.2) is 4.98 Å². The third-order valence-electron chi connectivity index (χ3n) is 3.00. The van der Waals surface area contributed by atoms with Crippen molar-refractivity contribution >= 4 is 48.7 Å². The van der Waals surface area contributed by atoms with Gasteiger partial charge in [0.05, 0.1) is 4.70 Å². The van der Waals surface area contributed by atoms with Gasteiger partial charge in [-0.2, -0.15) is 4.98 Å². The summed E-state index contributed by atoms with van der Waals surface area (Å²) in [6.07, 6.45) is 0. The van der Waals surface area contributed by atoms with Crippen molar-refractivity contribution < 1.29 is 4.79 Å². The van der Waals surface area contributed by atoms with E-state index >= 15 is 0 Å². The molecule has 106 valence electrons. The maximum absolute atomic E-state index is 12.2. The Bertz CT molecular complexity index is 827. The number of aromatic nitrogens is 2. The smallest absolute Gasteiger partial charge is 0.257 e. The van der Waals surface area contributed by atoms with Gasteiger partial charge in [0.15, 0.2) is 10.8 Å². The zero-order chi connectivity index (χ0) is 15.0. The Kier molecular flexibility index (Phi) is 3.73. The molecule has 0 aliphatic rings. The number of hydrogen-bond acceptors (Lipinski definition) is 4. The highest BCUT2D eigenvalue weighted by Crippen LogP contribution is 2.28. The number of aryl methyl sites for hydroxylation is 2. The van der Waals surface area contributed by atoms with E-state index in [4.69, 9.17) is 0 Å². The van der Waals surface area contributed by atoms with Gasteiger partial charge < -0.3 is 0 Å². The molecule has 0 saturated heterocycles. The van der Waals surface area contributed by atoms with E-state index in [-0.39, 0.29) is 5.91 Å². The second-order valence-electron chi connectivity index (χ2n) is 4.71. The first-order chi connectivity index (χ1) is 10.0. The van der Waals surface area contributed by atoms with Gasteiger partial charge in [0, 0.05) is 15.7 Å². The van der Waals surface area contributed by atoms with Crippen molar-refractivity contribution in [1.29, 1.82) is 0 Å². The van der Waals surface area contributed by atoms with E-state index in [2.05, 4.69) is 31.2 Å². The largest absolute Gasteiger partial charge is 0.298 e. The number of hydrogen-bond donors (Lipinski definition) is 1. The molecule has 0 saturated carbocycles. The minimum atomic E-state index is -0.170. The van der Waals surface area contributed by atoms with Gasteiger partial charge in [-0.05, 0) is 49.7 Å². The van der Waals surface area contributed by atoms with Crippen LogP contribution in [0.4, 0.5) is 5.13 Å². The van der Waals surface area contributed by atoms with Crippen LogP contribution in [0.15, 0.2) is 34.8 Å². The van der Waals surface area contributed by atoms with Crippen molar-refractivity contribution in [3.63, 3.8) is 0 Å². The number of nitrogens with zero attached hydrogens (tertiary/aromatic N) is 2. The first kappa shape index (κ1) is 14.2. The Labute approximate surface area is 134 Å². The summed E-state index contributed by atoms with van der Waals surface area (Å²) in [6, 6.07) is 9.21. The summed E-state index contributed by atoms with van der Waals surface area (Å²) >= 11 is 4.79. The molecule has 0 spiro atoms. The predicted molar refractivity (Wildman–Crippen MR) is 89.0 cm³/mol. The summed E-state index contributed by atoms with van der Waals surface area (Å²) in [5, 5.41) is 3.40. The third-order valence-corrected chi connectivity index (χ3v) is 4.63. The molecule has 0 aliphatic carbocycles. The number of anilines is 1. The topological polar surface area (TPSA) is 54.9 Å². The number of nitrogens with one attached hydrogen (secondary N) is 1. The van der Waals surface area contributed by atoms with E-state index in [0.29, 0.717) is 16.3 Å². The number of carbonyl (C=O) groups is 1. The molecule has 1 N–H and O–H groups in total. The van der Waals surface area contributed by atoms with Crippen molar-refractivity contribution in [3.05, 3.63) is 51.6 Å². The number of amides is 1. The molecule has 0 fully saturated rings. The number of benzene rings is 1. The summed E-state index contributed by atoms with van der Waals surface area (Å²) in [5.41, 5.74) is 3.33. The van der Waals surface area contributed by atoms with Gasteiger partial charge >= 0.3 is 0 Å². The molecule has 21 heavy (non-hydrogen) atoms. The molecular formula is C15H12BrN3OS. The highest BCUT2D eigenvalue weighted by Gasteiger charge is 2.12. The highest BCUT2D eigenvalue weighted by atomic mass is 79.9. The van der Waals surface area contributed by atoms with Crippen LogP contribution >= 0.6 is 27.3 Å². The Morgan fingerprint density at radius 3 is 2.62 bits per heavy atom. The van der Waals surface area contributed by atoms with Crippen LogP contribution in [0.5, 0.6) is 0 Å².